The van der Waals surface area contributed by atoms with Crippen LogP contribution in [-0.4, -0.2) is 50.5 Å². The van der Waals surface area contributed by atoms with Gasteiger partial charge in [0.1, 0.15) is 5.82 Å². The lowest BCUT2D eigenvalue weighted by molar-refractivity contribution is -0.137. The van der Waals surface area contributed by atoms with Crippen LogP contribution in [0.25, 0.3) is 11.9 Å². The highest BCUT2D eigenvalue weighted by molar-refractivity contribution is 5.92. The Bertz CT molecular complexity index is 836. The number of nitrogens with zero attached hydrogens (tertiary/aromatic N) is 4. The van der Waals surface area contributed by atoms with Gasteiger partial charge in [-0.05, 0) is 59.2 Å². The van der Waals surface area contributed by atoms with Gasteiger partial charge in [-0.1, -0.05) is 0 Å². The van der Waals surface area contributed by atoms with E-state index in [2.05, 4.69) is 43.4 Å². The van der Waals surface area contributed by atoms with Gasteiger partial charge in [-0.25, -0.2) is 4.68 Å². The Labute approximate surface area is 161 Å². The molecular weight excluding hydrogens is 340 g/mol. The molecule has 3 heterocycles. The van der Waals surface area contributed by atoms with Crippen molar-refractivity contribution in [2.24, 2.45) is 0 Å². The topological polar surface area (TPSA) is 52.3 Å². The summed E-state index contributed by atoms with van der Waals surface area (Å²) in [6.07, 6.45) is 5.58. The fraction of sp³-hybridized carbons (Fsp3) is 0.524. The van der Waals surface area contributed by atoms with Gasteiger partial charge in [0.15, 0.2) is 0 Å². The van der Waals surface area contributed by atoms with E-state index in [-0.39, 0.29) is 24.2 Å². The Morgan fingerprint density at radius 1 is 1.26 bits per heavy atom. The zero-order valence-electron chi connectivity index (χ0n) is 17.1. The summed E-state index contributed by atoms with van der Waals surface area (Å²) < 4.78 is 9.91. The standard InChI is InChI=1S/C21H30N4O2/c1-14(2)25-20(9-10-22-25)24-15(3)11-19(18(24)6)7-8-21(26)23-12-16(4)27-17(5)13-23/h7-11,14,16-17H,12-13H2,1-6H3/b8-7+/t16-,17+. The van der Waals surface area contributed by atoms with Crippen LogP contribution in [0.4, 0.5) is 0 Å². The summed E-state index contributed by atoms with van der Waals surface area (Å²) in [5.41, 5.74) is 3.27. The van der Waals surface area contributed by atoms with Gasteiger partial charge in [-0.15, -0.1) is 0 Å². The highest BCUT2D eigenvalue weighted by atomic mass is 16.5. The molecular formula is C21H30N4O2. The van der Waals surface area contributed by atoms with E-state index in [1.165, 1.54) is 0 Å². The van der Waals surface area contributed by atoms with Gasteiger partial charge in [0.2, 0.25) is 5.91 Å². The molecule has 1 amide bonds. The summed E-state index contributed by atoms with van der Waals surface area (Å²) >= 11 is 0. The van der Waals surface area contributed by atoms with Gasteiger partial charge in [-0.2, -0.15) is 5.10 Å². The fourth-order valence-corrected chi connectivity index (χ4v) is 3.82. The van der Waals surface area contributed by atoms with Crippen molar-refractivity contribution < 1.29 is 9.53 Å². The minimum absolute atomic E-state index is 0.0361. The number of rotatable bonds is 4. The molecule has 1 saturated heterocycles. The summed E-state index contributed by atoms with van der Waals surface area (Å²) in [6.45, 7) is 13.7. The molecule has 0 saturated carbocycles. The number of carbonyl (C=O) groups is 1. The molecule has 1 aliphatic heterocycles. The van der Waals surface area contributed by atoms with E-state index in [0.29, 0.717) is 13.1 Å². The summed E-state index contributed by atoms with van der Waals surface area (Å²) in [5, 5.41) is 4.44. The van der Waals surface area contributed by atoms with Crippen molar-refractivity contribution in [1.82, 2.24) is 19.2 Å². The van der Waals surface area contributed by atoms with Crippen molar-refractivity contribution in [3.63, 3.8) is 0 Å². The average Bonchev–Trinajstić information content (AvgIpc) is 3.16. The Kier molecular flexibility index (Phi) is 5.56. The molecule has 0 spiro atoms. The zero-order valence-corrected chi connectivity index (χ0v) is 17.1. The molecule has 2 aromatic rings. The minimum Gasteiger partial charge on any atom is -0.372 e. The van der Waals surface area contributed by atoms with E-state index < -0.39 is 0 Å². The first-order valence-electron chi connectivity index (χ1n) is 9.63. The second kappa shape index (κ2) is 7.72. The van der Waals surface area contributed by atoms with Crippen molar-refractivity contribution in [2.45, 2.75) is 59.8 Å². The van der Waals surface area contributed by atoms with E-state index in [1.807, 2.05) is 41.8 Å². The van der Waals surface area contributed by atoms with Gasteiger partial charge in [-0.3, -0.25) is 4.79 Å². The summed E-state index contributed by atoms with van der Waals surface area (Å²) in [7, 11) is 0. The Morgan fingerprint density at radius 2 is 1.93 bits per heavy atom. The molecule has 27 heavy (non-hydrogen) atoms. The quantitative estimate of drug-likeness (QED) is 0.774. The zero-order chi connectivity index (χ0) is 19.7. The first-order valence-corrected chi connectivity index (χ1v) is 9.63. The van der Waals surface area contributed by atoms with Gasteiger partial charge < -0.3 is 14.2 Å². The number of hydrogen-bond acceptors (Lipinski definition) is 3. The maximum atomic E-state index is 12.6. The molecule has 2 aromatic heterocycles. The van der Waals surface area contributed by atoms with E-state index in [1.54, 1.807) is 6.08 Å². The van der Waals surface area contributed by atoms with Gasteiger partial charge in [0, 0.05) is 42.7 Å². The van der Waals surface area contributed by atoms with Crippen LogP contribution in [0.5, 0.6) is 0 Å². The first-order chi connectivity index (χ1) is 12.8. The number of amides is 1. The molecule has 1 aliphatic rings. The van der Waals surface area contributed by atoms with Crippen LogP contribution in [-0.2, 0) is 9.53 Å². The highest BCUT2D eigenvalue weighted by Crippen LogP contribution is 2.23. The van der Waals surface area contributed by atoms with Gasteiger partial charge in [0.25, 0.3) is 0 Å². The van der Waals surface area contributed by atoms with Crippen LogP contribution < -0.4 is 0 Å². The molecule has 146 valence electrons. The Balaban J connectivity index is 1.83. The number of ether oxygens (including phenoxy) is 1. The Morgan fingerprint density at radius 3 is 2.56 bits per heavy atom. The van der Waals surface area contributed by atoms with Crippen LogP contribution in [0.15, 0.2) is 24.4 Å². The molecule has 2 atom stereocenters. The van der Waals surface area contributed by atoms with Crippen LogP contribution in [0.3, 0.4) is 0 Å². The number of carbonyl (C=O) groups excluding carboxylic acids is 1. The number of aromatic nitrogens is 3. The highest BCUT2D eigenvalue weighted by Gasteiger charge is 2.24. The summed E-state index contributed by atoms with van der Waals surface area (Å²) in [5.74, 6) is 1.08. The third kappa shape index (κ3) is 4.00. The van der Waals surface area contributed by atoms with Crippen LogP contribution in [0.2, 0.25) is 0 Å². The lowest BCUT2D eigenvalue weighted by Crippen LogP contribution is -2.47. The number of aryl methyl sites for hydroxylation is 1. The lowest BCUT2D eigenvalue weighted by atomic mass is 10.2. The maximum absolute atomic E-state index is 12.6. The third-order valence-corrected chi connectivity index (χ3v) is 4.97. The SMILES string of the molecule is Cc1cc(/C=C/C(=O)N2C[C@@H](C)O[C@@H](C)C2)c(C)n1-c1ccnn1C(C)C. The van der Waals surface area contributed by atoms with E-state index >= 15 is 0 Å². The second-order valence-corrected chi connectivity index (χ2v) is 7.72. The van der Waals surface area contributed by atoms with Crippen molar-refractivity contribution in [1.29, 1.82) is 0 Å². The minimum atomic E-state index is 0.0361. The van der Waals surface area contributed by atoms with E-state index in [9.17, 15) is 4.79 Å². The monoisotopic (exact) mass is 370 g/mol. The molecule has 6 heteroatoms. The predicted molar refractivity (Wildman–Crippen MR) is 107 cm³/mol. The number of morpholine rings is 1. The van der Waals surface area contributed by atoms with Crippen LogP contribution in [0.1, 0.15) is 50.7 Å². The van der Waals surface area contributed by atoms with Crippen molar-refractivity contribution in [3.8, 4) is 5.82 Å². The molecule has 0 N–H and O–H groups in total. The Hall–Kier alpha value is -2.34. The molecule has 0 radical (unpaired) electrons. The second-order valence-electron chi connectivity index (χ2n) is 7.72. The molecule has 0 bridgehead atoms. The maximum Gasteiger partial charge on any atom is 0.246 e. The van der Waals surface area contributed by atoms with Crippen molar-refractivity contribution in [2.75, 3.05) is 13.1 Å². The molecule has 0 aliphatic carbocycles. The smallest absolute Gasteiger partial charge is 0.246 e. The summed E-state index contributed by atoms with van der Waals surface area (Å²) in [4.78, 5) is 14.5. The van der Waals surface area contributed by atoms with Gasteiger partial charge in [0.05, 0.1) is 18.4 Å². The normalized spacial score (nSPS) is 20.8. The van der Waals surface area contributed by atoms with Crippen LogP contribution in [0, 0.1) is 13.8 Å². The molecule has 0 unspecified atom stereocenters. The molecule has 1 fully saturated rings. The fourth-order valence-electron chi connectivity index (χ4n) is 3.82. The van der Waals surface area contributed by atoms with Crippen LogP contribution >= 0.6 is 0 Å². The molecule has 0 aromatic carbocycles. The summed E-state index contributed by atoms with van der Waals surface area (Å²) in [6, 6.07) is 4.42. The third-order valence-electron chi connectivity index (χ3n) is 4.97. The number of hydrogen-bond donors (Lipinski definition) is 0. The van der Waals surface area contributed by atoms with Gasteiger partial charge >= 0.3 is 0 Å². The lowest BCUT2D eigenvalue weighted by Gasteiger charge is -2.34. The van der Waals surface area contributed by atoms with E-state index in [0.717, 1.165) is 22.8 Å². The predicted octanol–water partition coefficient (Wildman–Crippen LogP) is 3.52. The molecule has 3 rings (SSSR count). The van der Waals surface area contributed by atoms with E-state index in [4.69, 9.17) is 4.74 Å². The first kappa shape index (κ1) is 19.4. The average molecular weight is 370 g/mol. The molecule has 6 nitrogen and oxygen atoms in total. The van der Waals surface area contributed by atoms with Crippen molar-refractivity contribution >= 4 is 12.0 Å². The van der Waals surface area contributed by atoms with Crippen molar-refractivity contribution in [3.05, 3.63) is 41.4 Å². The largest absolute Gasteiger partial charge is 0.372 e.